The topological polar surface area (TPSA) is 23.8 Å². The Labute approximate surface area is 161 Å². The van der Waals surface area contributed by atoms with E-state index in [2.05, 4.69) is 84.2 Å². The van der Waals surface area contributed by atoms with E-state index in [1.807, 2.05) is 12.1 Å². The van der Waals surface area contributed by atoms with Gasteiger partial charge in [0.15, 0.2) is 0 Å². The number of rotatable bonds is 2. The molecule has 1 nitrogen and oxygen atoms in total. The largest absolute Gasteiger partial charge is 0.192 e. The molecule has 0 atom stereocenters. The number of nitriles is 1. The van der Waals surface area contributed by atoms with Crippen molar-refractivity contribution < 1.29 is 0 Å². The van der Waals surface area contributed by atoms with Crippen LogP contribution in [0.15, 0.2) is 90.3 Å². The van der Waals surface area contributed by atoms with Crippen molar-refractivity contribution in [1.29, 1.82) is 5.26 Å². The Morgan fingerprint density at radius 3 is 1.81 bits per heavy atom. The summed E-state index contributed by atoms with van der Waals surface area (Å²) in [6, 6.07) is 31.7. The van der Waals surface area contributed by atoms with E-state index in [1.54, 1.807) is 11.3 Å². The minimum Gasteiger partial charge on any atom is -0.192 e. The molecule has 2 heteroatoms. The molecule has 5 aromatic rings. The highest BCUT2D eigenvalue weighted by Crippen LogP contribution is 2.42. The molecule has 0 aliphatic heterocycles. The molecule has 0 bridgehead atoms. The van der Waals surface area contributed by atoms with Crippen molar-refractivity contribution >= 4 is 32.9 Å². The Bertz CT molecular complexity index is 1230. The molecular formula is C25H15NS. The van der Waals surface area contributed by atoms with Gasteiger partial charge in [-0.3, -0.25) is 0 Å². The summed E-state index contributed by atoms with van der Waals surface area (Å²) >= 11 is 1.65. The van der Waals surface area contributed by atoms with Crippen LogP contribution < -0.4 is 0 Å². The molecule has 0 fully saturated rings. The highest BCUT2D eigenvalue weighted by atomic mass is 32.1. The van der Waals surface area contributed by atoms with Crippen LogP contribution >= 0.6 is 11.3 Å². The van der Waals surface area contributed by atoms with Gasteiger partial charge in [-0.2, -0.15) is 5.26 Å². The number of fused-ring (bicyclic) bond motifs is 2. The van der Waals surface area contributed by atoms with Gasteiger partial charge in [0.1, 0.15) is 6.07 Å². The fourth-order valence-corrected chi connectivity index (χ4v) is 4.81. The zero-order valence-corrected chi connectivity index (χ0v) is 15.3. The van der Waals surface area contributed by atoms with E-state index in [0.717, 1.165) is 27.1 Å². The Morgan fingerprint density at radius 2 is 1.15 bits per heavy atom. The molecule has 1 heterocycles. The zero-order valence-electron chi connectivity index (χ0n) is 14.5. The predicted molar refractivity (Wildman–Crippen MR) is 115 cm³/mol. The zero-order chi connectivity index (χ0) is 18.2. The van der Waals surface area contributed by atoms with Gasteiger partial charge in [-0.25, -0.2) is 0 Å². The van der Waals surface area contributed by atoms with Crippen LogP contribution in [0, 0.1) is 11.3 Å². The van der Waals surface area contributed by atoms with Crippen molar-refractivity contribution in [3.05, 3.63) is 95.9 Å². The van der Waals surface area contributed by atoms with E-state index in [0.29, 0.717) is 0 Å². The van der Waals surface area contributed by atoms with Gasteiger partial charge >= 0.3 is 0 Å². The Hall–Kier alpha value is -3.41. The van der Waals surface area contributed by atoms with Gasteiger partial charge in [0.05, 0.1) is 10.4 Å². The minimum absolute atomic E-state index is 0.757. The molecule has 0 aliphatic carbocycles. The van der Waals surface area contributed by atoms with Crippen LogP contribution in [0.4, 0.5) is 0 Å². The van der Waals surface area contributed by atoms with Crippen LogP contribution in [-0.2, 0) is 0 Å². The molecule has 0 spiro atoms. The van der Waals surface area contributed by atoms with Gasteiger partial charge in [0, 0.05) is 16.5 Å². The highest BCUT2D eigenvalue weighted by Gasteiger charge is 2.17. The van der Waals surface area contributed by atoms with E-state index in [1.165, 1.54) is 21.5 Å². The summed E-state index contributed by atoms with van der Waals surface area (Å²) in [5, 5.41) is 16.9. The second-order valence-electron chi connectivity index (χ2n) is 6.52. The molecule has 0 aliphatic rings. The monoisotopic (exact) mass is 361 g/mol. The molecule has 0 unspecified atom stereocenters. The minimum atomic E-state index is 0.757. The van der Waals surface area contributed by atoms with Gasteiger partial charge in [-0.05, 0) is 27.1 Å². The van der Waals surface area contributed by atoms with Gasteiger partial charge in [0.25, 0.3) is 0 Å². The second kappa shape index (κ2) is 6.39. The molecule has 0 saturated carbocycles. The van der Waals surface area contributed by atoms with Crippen LogP contribution in [0.5, 0.6) is 0 Å². The third-order valence-electron chi connectivity index (χ3n) is 5.02. The Kier molecular flexibility index (Phi) is 3.74. The summed E-state index contributed by atoms with van der Waals surface area (Å²) in [4.78, 5) is 1.04. The van der Waals surface area contributed by atoms with E-state index >= 15 is 0 Å². The fourth-order valence-electron chi connectivity index (χ4n) is 3.75. The maximum Gasteiger partial charge on any atom is 0.101 e. The molecule has 1 aromatic heterocycles. The Morgan fingerprint density at radius 1 is 0.593 bits per heavy atom. The molecule has 0 radical (unpaired) electrons. The molecule has 4 aromatic carbocycles. The first kappa shape index (κ1) is 15.8. The number of thiophene rings is 1. The molecule has 0 N–H and O–H groups in total. The average molecular weight is 361 g/mol. The summed E-state index contributed by atoms with van der Waals surface area (Å²) < 4.78 is 0. The van der Waals surface area contributed by atoms with Crippen LogP contribution in [0.1, 0.15) is 5.56 Å². The first-order valence-corrected chi connectivity index (χ1v) is 9.72. The molecule has 126 valence electrons. The number of hydrogen-bond acceptors (Lipinski definition) is 2. The van der Waals surface area contributed by atoms with Crippen molar-refractivity contribution in [2.45, 2.75) is 0 Å². The van der Waals surface area contributed by atoms with E-state index < -0.39 is 0 Å². The van der Waals surface area contributed by atoms with Crippen LogP contribution in [0.3, 0.4) is 0 Å². The van der Waals surface area contributed by atoms with Crippen molar-refractivity contribution in [2.75, 3.05) is 0 Å². The maximum atomic E-state index is 10.0. The van der Waals surface area contributed by atoms with Crippen molar-refractivity contribution in [3.63, 3.8) is 0 Å². The lowest BCUT2D eigenvalue weighted by molar-refractivity contribution is 1.50. The lowest BCUT2D eigenvalue weighted by atomic mass is 9.95. The van der Waals surface area contributed by atoms with Gasteiger partial charge in [-0.15, -0.1) is 11.3 Å². The Balaban J connectivity index is 1.79. The van der Waals surface area contributed by atoms with Gasteiger partial charge in [0.2, 0.25) is 0 Å². The maximum absolute atomic E-state index is 10.0. The van der Waals surface area contributed by atoms with Crippen LogP contribution in [0.25, 0.3) is 43.1 Å². The fraction of sp³-hybridized carbons (Fsp3) is 0. The quantitative estimate of drug-likeness (QED) is 0.324. The van der Waals surface area contributed by atoms with Crippen molar-refractivity contribution in [3.8, 4) is 27.6 Å². The lowest BCUT2D eigenvalue weighted by Gasteiger charge is -2.07. The van der Waals surface area contributed by atoms with Gasteiger partial charge < -0.3 is 0 Å². The normalized spacial score (nSPS) is 10.9. The van der Waals surface area contributed by atoms with Crippen LogP contribution in [-0.4, -0.2) is 0 Å². The molecule has 0 amide bonds. The smallest absolute Gasteiger partial charge is 0.101 e. The number of benzene rings is 4. The van der Waals surface area contributed by atoms with Gasteiger partial charge in [-0.1, -0.05) is 84.9 Å². The molecule has 27 heavy (non-hydrogen) atoms. The average Bonchev–Trinajstić information content (AvgIpc) is 3.16. The molecule has 0 saturated heterocycles. The number of hydrogen-bond donors (Lipinski definition) is 0. The second-order valence-corrected chi connectivity index (χ2v) is 7.40. The summed E-state index contributed by atoms with van der Waals surface area (Å²) in [5.41, 5.74) is 4.02. The first-order chi connectivity index (χ1) is 13.4. The number of nitrogens with zero attached hydrogens (tertiary/aromatic N) is 1. The lowest BCUT2D eigenvalue weighted by Crippen LogP contribution is -1.85. The summed E-state index contributed by atoms with van der Waals surface area (Å²) in [7, 11) is 0. The predicted octanol–water partition coefficient (Wildman–Crippen LogP) is 7.26. The summed E-state index contributed by atoms with van der Waals surface area (Å²) in [5.74, 6) is 0. The highest BCUT2D eigenvalue weighted by molar-refractivity contribution is 7.14. The molecular weight excluding hydrogens is 346 g/mol. The van der Waals surface area contributed by atoms with E-state index in [9.17, 15) is 5.26 Å². The van der Waals surface area contributed by atoms with E-state index in [-0.39, 0.29) is 0 Å². The summed E-state index contributed by atoms with van der Waals surface area (Å²) in [6.07, 6.45) is 0. The third kappa shape index (κ3) is 2.52. The standard InChI is InChI=1S/C25H15NS/c26-15-23-24(21-13-5-9-17-7-1-3-11-19(17)21)16-27-25(23)22-14-6-10-18-8-2-4-12-20(18)22/h1-14,16H. The third-order valence-corrected chi connectivity index (χ3v) is 6.03. The van der Waals surface area contributed by atoms with Crippen LogP contribution in [0.2, 0.25) is 0 Å². The van der Waals surface area contributed by atoms with Crippen molar-refractivity contribution in [2.24, 2.45) is 0 Å². The first-order valence-electron chi connectivity index (χ1n) is 8.84. The molecule has 5 rings (SSSR count). The van der Waals surface area contributed by atoms with Crippen molar-refractivity contribution in [1.82, 2.24) is 0 Å². The van der Waals surface area contributed by atoms with E-state index in [4.69, 9.17) is 0 Å². The SMILES string of the molecule is N#Cc1c(-c2cccc3ccccc23)csc1-c1cccc2ccccc12. The summed E-state index contributed by atoms with van der Waals surface area (Å²) in [6.45, 7) is 0.